The average Bonchev–Trinajstić information content (AvgIpc) is 3.72. The maximum atomic E-state index is 2.64. The standard InChI is InChI=1S/C50H27BN2/c1-2-11-28(12-3-1)31-26-42-48-43(27-31)53-40-22-10-19-36-34-17-7-6-16-33(34)35-18-8-14-30-25-39(50(53)47(44(30)35)46(36)40)51(48)38-21-9-20-37-45-32-15-5-4-13-29(32)23-24-41(45)52(42)49(37)38/h1-27H. The van der Waals surface area contributed by atoms with Crippen molar-refractivity contribution in [1.82, 2.24) is 9.13 Å². The number of hydrogen-bond acceptors (Lipinski definition) is 0. The lowest BCUT2D eigenvalue weighted by atomic mass is 9.34. The third-order valence-electron chi connectivity index (χ3n) is 12.8. The van der Waals surface area contributed by atoms with E-state index in [-0.39, 0.29) is 6.71 Å². The predicted molar refractivity (Wildman–Crippen MR) is 225 cm³/mol. The Morgan fingerprint density at radius 2 is 1.00 bits per heavy atom. The Hall–Kier alpha value is -6.84. The van der Waals surface area contributed by atoms with Gasteiger partial charge in [-0.25, -0.2) is 0 Å². The SMILES string of the molecule is c1ccc(-c2cc3c4c(c2)-n2c5cccc6c5c5c7c(cccc7cc(c52)B4c2cccc4c5c7ccccc7ccc5n-3c24)-c2ccccc2-6)cc1. The van der Waals surface area contributed by atoms with Crippen LogP contribution in [0.15, 0.2) is 164 Å². The van der Waals surface area contributed by atoms with Gasteiger partial charge in [-0.05, 0) is 95.6 Å². The van der Waals surface area contributed by atoms with Crippen LogP contribution in [0.2, 0.25) is 0 Å². The Morgan fingerprint density at radius 1 is 0.358 bits per heavy atom. The van der Waals surface area contributed by atoms with Crippen molar-refractivity contribution in [1.29, 1.82) is 0 Å². The fraction of sp³-hybridized carbons (Fsp3) is 0. The quantitative estimate of drug-likeness (QED) is 0.154. The molecule has 0 unspecified atom stereocenters. The first-order valence-corrected chi connectivity index (χ1v) is 18.6. The Morgan fingerprint density at radius 3 is 1.85 bits per heavy atom. The van der Waals surface area contributed by atoms with E-state index in [1.807, 2.05) is 0 Å². The lowest BCUT2D eigenvalue weighted by molar-refractivity contribution is 1.14. The minimum absolute atomic E-state index is 0.0792. The maximum absolute atomic E-state index is 2.64. The molecule has 4 heterocycles. The van der Waals surface area contributed by atoms with Gasteiger partial charge < -0.3 is 9.13 Å². The Kier molecular flexibility index (Phi) is 4.64. The number of aromatic nitrogens is 2. The van der Waals surface area contributed by atoms with Crippen LogP contribution in [0.1, 0.15) is 0 Å². The number of fused-ring (bicyclic) bond motifs is 13. The molecule has 0 fully saturated rings. The Bertz CT molecular complexity index is 3510. The van der Waals surface area contributed by atoms with Crippen LogP contribution in [0.3, 0.4) is 0 Å². The molecule has 9 aromatic carbocycles. The number of nitrogens with zero attached hydrogens (tertiary/aromatic N) is 2. The first-order chi connectivity index (χ1) is 26.3. The zero-order chi connectivity index (χ0) is 34.1. The molecule has 11 aromatic rings. The van der Waals surface area contributed by atoms with Crippen molar-refractivity contribution in [3.8, 4) is 44.8 Å². The summed E-state index contributed by atoms with van der Waals surface area (Å²) >= 11 is 0. The highest BCUT2D eigenvalue weighted by Gasteiger charge is 2.42. The zero-order valence-corrected chi connectivity index (χ0v) is 28.6. The minimum atomic E-state index is 0.0792. The van der Waals surface area contributed by atoms with Crippen molar-refractivity contribution in [2.45, 2.75) is 0 Å². The number of hydrogen-bond donors (Lipinski definition) is 0. The van der Waals surface area contributed by atoms with Gasteiger partial charge in [-0.3, -0.25) is 0 Å². The second-order valence-electron chi connectivity index (χ2n) is 15.2. The van der Waals surface area contributed by atoms with E-state index in [0.717, 1.165) is 0 Å². The smallest absolute Gasteiger partial charge is 0.252 e. The summed E-state index contributed by atoms with van der Waals surface area (Å²) < 4.78 is 5.24. The number of benzene rings is 9. The molecule has 0 N–H and O–H groups in total. The normalized spacial score (nSPS) is 13.2. The first-order valence-electron chi connectivity index (χ1n) is 18.6. The van der Waals surface area contributed by atoms with Crippen LogP contribution in [0.25, 0.3) is 110 Å². The first kappa shape index (κ1) is 26.9. The zero-order valence-electron chi connectivity index (χ0n) is 28.6. The Balaban J connectivity index is 1.25. The van der Waals surface area contributed by atoms with Gasteiger partial charge in [0.1, 0.15) is 0 Å². The van der Waals surface area contributed by atoms with Crippen LogP contribution in [0.4, 0.5) is 0 Å². The van der Waals surface area contributed by atoms with E-state index in [9.17, 15) is 0 Å². The summed E-state index contributed by atoms with van der Waals surface area (Å²) in [5.74, 6) is 0. The summed E-state index contributed by atoms with van der Waals surface area (Å²) in [6.07, 6.45) is 0. The summed E-state index contributed by atoms with van der Waals surface area (Å²) in [6.45, 7) is 0.0792. The lowest BCUT2D eigenvalue weighted by Gasteiger charge is -2.34. The average molecular weight is 667 g/mol. The molecule has 0 saturated carbocycles. The highest BCUT2D eigenvalue weighted by molar-refractivity contribution is 7.00. The molecule has 0 radical (unpaired) electrons. The number of para-hydroxylation sites is 1. The summed E-state index contributed by atoms with van der Waals surface area (Å²) in [6, 6.07) is 62.0. The van der Waals surface area contributed by atoms with E-state index in [1.165, 1.54) is 126 Å². The third-order valence-corrected chi connectivity index (χ3v) is 12.8. The molecule has 53 heavy (non-hydrogen) atoms. The fourth-order valence-corrected chi connectivity index (χ4v) is 10.8. The Labute approximate surface area is 304 Å². The second kappa shape index (κ2) is 9.14. The largest absolute Gasteiger partial charge is 0.310 e. The van der Waals surface area contributed by atoms with Gasteiger partial charge in [-0.15, -0.1) is 0 Å². The molecule has 3 heteroatoms. The fourth-order valence-electron chi connectivity index (χ4n) is 10.8. The topological polar surface area (TPSA) is 9.86 Å². The van der Waals surface area contributed by atoms with E-state index in [2.05, 4.69) is 173 Å². The van der Waals surface area contributed by atoms with Crippen molar-refractivity contribution in [2.24, 2.45) is 0 Å². The molecular weight excluding hydrogens is 639 g/mol. The van der Waals surface area contributed by atoms with Crippen LogP contribution >= 0.6 is 0 Å². The lowest BCUT2D eigenvalue weighted by Crippen LogP contribution is -2.59. The van der Waals surface area contributed by atoms with Crippen molar-refractivity contribution in [3.05, 3.63) is 164 Å². The third kappa shape index (κ3) is 3.05. The van der Waals surface area contributed by atoms with Gasteiger partial charge in [-0.2, -0.15) is 0 Å². The number of rotatable bonds is 1. The molecule has 1 aliphatic carbocycles. The van der Waals surface area contributed by atoms with Gasteiger partial charge in [0.25, 0.3) is 6.71 Å². The van der Waals surface area contributed by atoms with Crippen molar-refractivity contribution < 1.29 is 0 Å². The van der Waals surface area contributed by atoms with E-state index in [4.69, 9.17) is 0 Å². The van der Waals surface area contributed by atoms with E-state index < -0.39 is 0 Å². The molecule has 0 amide bonds. The molecule has 3 aliphatic rings. The molecule has 2 nitrogen and oxygen atoms in total. The summed E-state index contributed by atoms with van der Waals surface area (Å²) in [5, 5.41) is 10.7. The molecule has 14 rings (SSSR count). The molecular formula is C50H27BN2. The molecule has 0 atom stereocenters. The molecule has 0 bridgehead atoms. The van der Waals surface area contributed by atoms with Crippen LogP contribution in [0, 0.1) is 0 Å². The molecule has 0 spiro atoms. The summed E-state index contributed by atoms with van der Waals surface area (Å²) in [4.78, 5) is 0. The van der Waals surface area contributed by atoms with Gasteiger partial charge in [0.05, 0.1) is 16.6 Å². The maximum Gasteiger partial charge on any atom is 0.252 e. The second-order valence-corrected chi connectivity index (χ2v) is 15.2. The van der Waals surface area contributed by atoms with Crippen molar-refractivity contribution in [2.75, 3.05) is 0 Å². The summed E-state index contributed by atoms with van der Waals surface area (Å²) in [5.41, 5.74) is 19.7. The van der Waals surface area contributed by atoms with Crippen LogP contribution in [-0.2, 0) is 0 Å². The van der Waals surface area contributed by atoms with Gasteiger partial charge in [0, 0.05) is 38.4 Å². The highest BCUT2D eigenvalue weighted by atomic mass is 15.0. The van der Waals surface area contributed by atoms with E-state index in [0.29, 0.717) is 0 Å². The van der Waals surface area contributed by atoms with E-state index >= 15 is 0 Å². The van der Waals surface area contributed by atoms with Crippen LogP contribution < -0.4 is 16.4 Å². The minimum Gasteiger partial charge on any atom is -0.310 e. The molecule has 240 valence electrons. The highest BCUT2D eigenvalue weighted by Crippen LogP contribution is 2.50. The predicted octanol–water partition coefficient (Wildman–Crippen LogP) is 10.6. The van der Waals surface area contributed by atoms with Crippen molar-refractivity contribution >= 4 is 88.3 Å². The monoisotopic (exact) mass is 666 g/mol. The molecule has 0 saturated heterocycles. The van der Waals surface area contributed by atoms with Crippen LogP contribution in [-0.4, -0.2) is 15.8 Å². The molecule has 2 aromatic heterocycles. The van der Waals surface area contributed by atoms with Gasteiger partial charge in [0.15, 0.2) is 0 Å². The van der Waals surface area contributed by atoms with Gasteiger partial charge in [-0.1, -0.05) is 140 Å². The van der Waals surface area contributed by atoms with Gasteiger partial charge >= 0.3 is 0 Å². The van der Waals surface area contributed by atoms with Crippen LogP contribution in [0.5, 0.6) is 0 Å². The van der Waals surface area contributed by atoms with E-state index in [1.54, 1.807) is 0 Å². The van der Waals surface area contributed by atoms with Gasteiger partial charge in [0.2, 0.25) is 0 Å². The molecule has 2 aliphatic heterocycles. The summed E-state index contributed by atoms with van der Waals surface area (Å²) in [7, 11) is 0. The van der Waals surface area contributed by atoms with Crippen molar-refractivity contribution in [3.63, 3.8) is 0 Å².